The van der Waals surface area contributed by atoms with E-state index in [1.807, 2.05) is 12.1 Å². The lowest BCUT2D eigenvalue weighted by Crippen LogP contribution is -2.35. The number of hydrogen-bond donors (Lipinski definition) is 1. The number of anilines is 1. The third-order valence-electron chi connectivity index (χ3n) is 4.52. The van der Waals surface area contributed by atoms with Gasteiger partial charge in [-0.25, -0.2) is 5.01 Å². The van der Waals surface area contributed by atoms with Gasteiger partial charge in [-0.15, -0.1) is 0 Å². The molecule has 3 aromatic rings. The number of hydrazine groups is 1. The number of rotatable bonds is 5. The summed E-state index contributed by atoms with van der Waals surface area (Å²) in [5.41, 5.74) is 4.58. The van der Waals surface area contributed by atoms with Crippen molar-refractivity contribution in [1.29, 1.82) is 0 Å². The first-order valence-electron chi connectivity index (χ1n) is 9.11. The molecule has 1 aliphatic rings. The van der Waals surface area contributed by atoms with Crippen molar-refractivity contribution in [2.45, 2.75) is 6.61 Å². The number of carbonyl (C=O) groups is 2. The molecule has 0 spiro atoms. The maximum Gasteiger partial charge on any atom is 0.282 e. The SMILES string of the molecule is O=C1NN(c2ccccc2)C(=O)/C1=C\c1ccccc1OCc1ccc(Cl)cc1Cl. The van der Waals surface area contributed by atoms with E-state index in [2.05, 4.69) is 5.43 Å². The van der Waals surface area contributed by atoms with Crippen molar-refractivity contribution < 1.29 is 14.3 Å². The average Bonchev–Trinajstić information content (AvgIpc) is 3.03. The Morgan fingerprint density at radius 2 is 1.67 bits per heavy atom. The Kier molecular flexibility index (Phi) is 5.74. The number of benzene rings is 3. The first kappa shape index (κ1) is 20.0. The van der Waals surface area contributed by atoms with Gasteiger partial charge in [-0.3, -0.25) is 15.0 Å². The minimum Gasteiger partial charge on any atom is -0.488 e. The Morgan fingerprint density at radius 1 is 0.933 bits per heavy atom. The van der Waals surface area contributed by atoms with Crippen LogP contribution >= 0.6 is 23.2 Å². The number of carbonyl (C=O) groups excluding carboxylic acids is 2. The van der Waals surface area contributed by atoms with Gasteiger partial charge in [-0.2, -0.15) is 0 Å². The number of nitrogens with one attached hydrogen (secondary N) is 1. The number of ether oxygens (including phenoxy) is 1. The molecule has 5 nitrogen and oxygen atoms in total. The Bertz CT molecular complexity index is 1150. The molecule has 1 N–H and O–H groups in total. The predicted octanol–water partition coefficient (Wildman–Crippen LogP) is 5.03. The molecule has 3 aromatic carbocycles. The Hall–Kier alpha value is -3.28. The lowest BCUT2D eigenvalue weighted by Gasteiger charge is -2.14. The molecule has 0 bridgehead atoms. The number of nitrogens with zero attached hydrogens (tertiary/aromatic N) is 1. The van der Waals surface area contributed by atoms with Gasteiger partial charge in [0.15, 0.2) is 0 Å². The Balaban J connectivity index is 1.58. The van der Waals surface area contributed by atoms with Crippen molar-refractivity contribution in [2.24, 2.45) is 0 Å². The lowest BCUT2D eigenvalue weighted by molar-refractivity contribution is -0.117. The summed E-state index contributed by atoms with van der Waals surface area (Å²) in [5, 5.41) is 2.27. The van der Waals surface area contributed by atoms with Gasteiger partial charge in [0, 0.05) is 21.2 Å². The van der Waals surface area contributed by atoms with Crippen molar-refractivity contribution in [3.8, 4) is 5.75 Å². The molecule has 0 atom stereocenters. The topological polar surface area (TPSA) is 58.6 Å². The Labute approximate surface area is 183 Å². The fourth-order valence-corrected chi connectivity index (χ4v) is 3.46. The van der Waals surface area contributed by atoms with E-state index < -0.39 is 11.8 Å². The molecule has 150 valence electrons. The fourth-order valence-electron chi connectivity index (χ4n) is 3.00. The van der Waals surface area contributed by atoms with Crippen molar-refractivity contribution >= 4 is 46.8 Å². The molecule has 0 aromatic heterocycles. The van der Waals surface area contributed by atoms with Crippen LogP contribution in [-0.2, 0) is 16.2 Å². The normalized spacial score (nSPS) is 14.9. The summed E-state index contributed by atoms with van der Waals surface area (Å²) in [5.74, 6) is -0.379. The van der Waals surface area contributed by atoms with E-state index in [0.717, 1.165) is 5.56 Å². The Morgan fingerprint density at radius 3 is 2.43 bits per heavy atom. The summed E-state index contributed by atoms with van der Waals surface area (Å²) >= 11 is 12.1. The molecule has 2 amide bonds. The molecule has 1 saturated heterocycles. The largest absolute Gasteiger partial charge is 0.488 e. The van der Waals surface area contributed by atoms with E-state index in [-0.39, 0.29) is 12.2 Å². The quantitative estimate of drug-likeness (QED) is 0.448. The number of halogens is 2. The zero-order valence-electron chi connectivity index (χ0n) is 15.6. The van der Waals surface area contributed by atoms with Gasteiger partial charge in [0.25, 0.3) is 11.8 Å². The molecule has 1 heterocycles. The molecule has 0 radical (unpaired) electrons. The molecule has 4 rings (SSSR count). The summed E-state index contributed by atoms with van der Waals surface area (Å²) < 4.78 is 5.91. The van der Waals surface area contributed by atoms with E-state index in [4.69, 9.17) is 27.9 Å². The van der Waals surface area contributed by atoms with Crippen LogP contribution in [0.5, 0.6) is 5.75 Å². The first-order chi connectivity index (χ1) is 14.5. The lowest BCUT2D eigenvalue weighted by atomic mass is 10.1. The summed E-state index contributed by atoms with van der Waals surface area (Å²) in [6, 6.07) is 21.2. The monoisotopic (exact) mass is 438 g/mol. The molecular formula is C23H16Cl2N2O3. The number of amides is 2. The van der Waals surface area contributed by atoms with Crippen LogP contribution in [0.4, 0.5) is 5.69 Å². The van der Waals surface area contributed by atoms with Crippen LogP contribution in [0.2, 0.25) is 10.0 Å². The van der Waals surface area contributed by atoms with E-state index >= 15 is 0 Å². The summed E-state index contributed by atoms with van der Waals surface area (Å²) in [7, 11) is 0. The smallest absolute Gasteiger partial charge is 0.282 e. The third-order valence-corrected chi connectivity index (χ3v) is 5.11. The van der Waals surface area contributed by atoms with Gasteiger partial charge in [-0.05, 0) is 36.4 Å². The highest BCUT2D eigenvalue weighted by atomic mass is 35.5. The van der Waals surface area contributed by atoms with Gasteiger partial charge >= 0.3 is 0 Å². The second-order valence-corrected chi connectivity index (χ2v) is 7.38. The van der Waals surface area contributed by atoms with Gasteiger partial charge in [0.2, 0.25) is 0 Å². The van der Waals surface area contributed by atoms with Crippen LogP contribution in [0.1, 0.15) is 11.1 Å². The van der Waals surface area contributed by atoms with Gasteiger partial charge in [0.05, 0.1) is 5.69 Å². The van der Waals surface area contributed by atoms with Crippen molar-refractivity contribution in [2.75, 3.05) is 5.01 Å². The molecule has 1 fully saturated rings. The van der Waals surface area contributed by atoms with Crippen LogP contribution < -0.4 is 15.2 Å². The maximum atomic E-state index is 12.8. The molecular weight excluding hydrogens is 423 g/mol. The highest BCUT2D eigenvalue weighted by Crippen LogP contribution is 2.27. The molecule has 0 saturated carbocycles. The minimum atomic E-state index is -0.473. The van der Waals surface area contributed by atoms with Crippen molar-refractivity contribution in [1.82, 2.24) is 5.43 Å². The van der Waals surface area contributed by atoms with Gasteiger partial charge < -0.3 is 4.74 Å². The number of hydrogen-bond acceptors (Lipinski definition) is 3. The van der Waals surface area contributed by atoms with Crippen molar-refractivity contribution in [3.63, 3.8) is 0 Å². The van der Waals surface area contributed by atoms with E-state index in [1.54, 1.807) is 60.7 Å². The molecule has 0 unspecified atom stereocenters. The molecule has 0 aliphatic carbocycles. The van der Waals surface area contributed by atoms with Gasteiger partial charge in [0.1, 0.15) is 17.9 Å². The zero-order valence-corrected chi connectivity index (χ0v) is 17.2. The van der Waals surface area contributed by atoms with Crippen LogP contribution in [0.25, 0.3) is 6.08 Å². The van der Waals surface area contributed by atoms with E-state index in [1.165, 1.54) is 11.1 Å². The standard InChI is InChI=1S/C23H16Cl2N2O3/c24-17-11-10-16(20(25)13-17)14-30-21-9-5-4-6-15(21)12-19-22(28)26-27(23(19)29)18-7-2-1-3-8-18/h1-13H,14H2,(H,26,28)/b19-12-. The molecule has 7 heteroatoms. The highest BCUT2D eigenvalue weighted by Gasteiger charge is 2.34. The molecule has 1 aliphatic heterocycles. The van der Waals surface area contributed by atoms with Crippen LogP contribution in [-0.4, -0.2) is 11.8 Å². The zero-order chi connectivity index (χ0) is 21.1. The van der Waals surface area contributed by atoms with E-state index in [9.17, 15) is 9.59 Å². The molecule has 30 heavy (non-hydrogen) atoms. The third kappa shape index (κ3) is 4.17. The minimum absolute atomic E-state index is 0.0272. The second-order valence-electron chi connectivity index (χ2n) is 6.54. The predicted molar refractivity (Wildman–Crippen MR) is 117 cm³/mol. The average molecular weight is 439 g/mol. The summed E-state index contributed by atoms with van der Waals surface area (Å²) in [6.07, 6.45) is 1.53. The van der Waals surface area contributed by atoms with Gasteiger partial charge in [-0.1, -0.05) is 65.7 Å². The number of para-hydroxylation sites is 2. The van der Waals surface area contributed by atoms with Crippen molar-refractivity contribution in [3.05, 3.63) is 99.5 Å². The second kappa shape index (κ2) is 8.61. The highest BCUT2D eigenvalue weighted by molar-refractivity contribution is 6.35. The fraction of sp³-hybridized carbons (Fsp3) is 0.0435. The summed E-state index contributed by atoms with van der Waals surface area (Å²) in [6.45, 7) is 0.215. The van der Waals surface area contributed by atoms with E-state index in [0.29, 0.717) is 27.0 Å². The van der Waals surface area contributed by atoms with Crippen LogP contribution in [0, 0.1) is 0 Å². The van der Waals surface area contributed by atoms with Crippen LogP contribution in [0.3, 0.4) is 0 Å². The summed E-state index contributed by atoms with van der Waals surface area (Å²) in [4.78, 5) is 25.2. The first-order valence-corrected chi connectivity index (χ1v) is 9.86. The van der Waals surface area contributed by atoms with Crippen LogP contribution in [0.15, 0.2) is 78.4 Å². The maximum absolute atomic E-state index is 12.8.